The van der Waals surface area contributed by atoms with Crippen molar-refractivity contribution in [2.75, 3.05) is 7.11 Å². The van der Waals surface area contributed by atoms with Gasteiger partial charge >= 0.3 is 5.97 Å². The summed E-state index contributed by atoms with van der Waals surface area (Å²) in [6.07, 6.45) is 0.547. The Hall–Kier alpha value is -1.74. The number of fused-ring (bicyclic) bond motifs is 1. The molecule has 0 saturated carbocycles. The van der Waals surface area contributed by atoms with E-state index in [-0.39, 0.29) is 0 Å². The summed E-state index contributed by atoms with van der Waals surface area (Å²) >= 11 is 5.83. The average molecular weight is 279 g/mol. The molecule has 1 unspecified atom stereocenters. The van der Waals surface area contributed by atoms with Crippen LogP contribution < -0.4 is 9.47 Å². The Kier molecular flexibility index (Phi) is 4.27. The molecule has 0 radical (unpaired) electrons. The molecule has 2 aromatic rings. The molecule has 100 valence electrons. The van der Waals surface area contributed by atoms with E-state index >= 15 is 0 Å². The second kappa shape index (κ2) is 5.93. The van der Waals surface area contributed by atoms with E-state index in [0.717, 1.165) is 16.5 Å². The molecule has 2 aromatic carbocycles. The molecular formula is C15H15ClO3. The van der Waals surface area contributed by atoms with Gasteiger partial charge in [-0.05, 0) is 41.5 Å². The first-order valence-electron chi connectivity index (χ1n) is 6.07. The third-order valence-electron chi connectivity index (χ3n) is 2.85. The van der Waals surface area contributed by atoms with Crippen molar-refractivity contribution in [1.82, 2.24) is 0 Å². The van der Waals surface area contributed by atoms with E-state index in [9.17, 15) is 4.79 Å². The molecule has 0 fully saturated rings. The zero-order valence-corrected chi connectivity index (χ0v) is 11.6. The van der Waals surface area contributed by atoms with Gasteiger partial charge in [-0.3, -0.25) is 4.79 Å². The molecule has 0 N–H and O–H groups in total. The smallest absolute Gasteiger partial charge is 0.329 e. The first kappa shape index (κ1) is 13.7. The van der Waals surface area contributed by atoms with Crippen LogP contribution in [0.4, 0.5) is 0 Å². The van der Waals surface area contributed by atoms with E-state index in [1.807, 2.05) is 37.3 Å². The molecule has 19 heavy (non-hydrogen) atoms. The van der Waals surface area contributed by atoms with Gasteiger partial charge < -0.3 is 9.47 Å². The quantitative estimate of drug-likeness (QED) is 0.485. The zero-order valence-electron chi connectivity index (χ0n) is 10.9. The van der Waals surface area contributed by atoms with Crippen LogP contribution in [0.15, 0.2) is 36.4 Å². The normalized spacial score (nSPS) is 12.2. The Morgan fingerprint density at radius 2 is 1.74 bits per heavy atom. The lowest BCUT2D eigenvalue weighted by atomic mass is 10.1. The monoisotopic (exact) mass is 278 g/mol. The van der Waals surface area contributed by atoms with Gasteiger partial charge in [-0.1, -0.05) is 19.1 Å². The molecule has 0 aromatic heterocycles. The standard InChI is InChI=1S/C15H15ClO3/c1-3-14(16)15(17)19-13-7-5-10-8-12(18-2)6-4-11(10)9-13/h4-9,14H,3H2,1-2H3. The van der Waals surface area contributed by atoms with Crippen LogP contribution in [0.2, 0.25) is 0 Å². The van der Waals surface area contributed by atoms with Crippen molar-refractivity contribution in [1.29, 1.82) is 0 Å². The lowest BCUT2D eigenvalue weighted by molar-refractivity contribution is -0.134. The van der Waals surface area contributed by atoms with E-state index in [2.05, 4.69) is 0 Å². The minimum absolute atomic E-state index is 0.419. The van der Waals surface area contributed by atoms with Crippen molar-refractivity contribution in [3.8, 4) is 11.5 Å². The van der Waals surface area contributed by atoms with Gasteiger partial charge in [0.2, 0.25) is 0 Å². The summed E-state index contributed by atoms with van der Waals surface area (Å²) in [7, 11) is 1.63. The minimum Gasteiger partial charge on any atom is -0.497 e. The van der Waals surface area contributed by atoms with Gasteiger partial charge in [0, 0.05) is 0 Å². The molecule has 0 spiro atoms. The van der Waals surface area contributed by atoms with Crippen LogP contribution in [0, 0.1) is 0 Å². The number of halogens is 1. The summed E-state index contributed by atoms with van der Waals surface area (Å²) in [5, 5.41) is 1.40. The van der Waals surface area contributed by atoms with Crippen molar-refractivity contribution < 1.29 is 14.3 Å². The highest BCUT2D eigenvalue weighted by atomic mass is 35.5. The minimum atomic E-state index is -0.605. The second-order valence-corrected chi connectivity index (χ2v) is 4.70. The third-order valence-corrected chi connectivity index (χ3v) is 3.34. The number of hydrogen-bond acceptors (Lipinski definition) is 3. The van der Waals surface area contributed by atoms with Crippen LogP contribution in [0.1, 0.15) is 13.3 Å². The molecular weight excluding hydrogens is 264 g/mol. The molecule has 0 saturated heterocycles. The van der Waals surface area contributed by atoms with Crippen LogP contribution in [-0.4, -0.2) is 18.5 Å². The summed E-state index contributed by atoms with van der Waals surface area (Å²) in [4.78, 5) is 11.6. The topological polar surface area (TPSA) is 35.5 Å². The fourth-order valence-electron chi connectivity index (χ4n) is 1.74. The van der Waals surface area contributed by atoms with Gasteiger partial charge in [-0.25, -0.2) is 0 Å². The summed E-state index contributed by atoms with van der Waals surface area (Å²) in [5.74, 6) is 0.878. The highest BCUT2D eigenvalue weighted by Gasteiger charge is 2.15. The van der Waals surface area contributed by atoms with Crippen molar-refractivity contribution in [2.24, 2.45) is 0 Å². The van der Waals surface area contributed by atoms with Gasteiger partial charge in [-0.15, -0.1) is 11.6 Å². The maximum Gasteiger partial charge on any atom is 0.329 e. The number of esters is 1. The van der Waals surface area contributed by atoms with Crippen LogP contribution in [0.3, 0.4) is 0 Å². The molecule has 1 atom stereocenters. The van der Waals surface area contributed by atoms with Gasteiger partial charge in [0.25, 0.3) is 0 Å². The van der Waals surface area contributed by atoms with Crippen LogP contribution >= 0.6 is 11.6 Å². The molecule has 2 rings (SSSR count). The molecule has 0 aliphatic rings. The highest BCUT2D eigenvalue weighted by Crippen LogP contribution is 2.25. The number of ether oxygens (including phenoxy) is 2. The highest BCUT2D eigenvalue weighted by molar-refractivity contribution is 6.30. The number of carbonyl (C=O) groups excluding carboxylic acids is 1. The maximum absolute atomic E-state index is 11.6. The van der Waals surface area contributed by atoms with E-state index in [1.165, 1.54) is 0 Å². The molecule has 0 bridgehead atoms. The lowest BCUT2D eigenvalue weighted by Gasteiger charge is -2.08. The Morgan fingerprint density at radius 3 is 2.32 bits per heavy atom. The number of carbonyl (C=O) groups is 1. The fourth-order valence-corrected chi connectivity index (χ4v) is 1.78. The predicted molar refractivity (Wildman–Crippen MR) is 76.1 cm³/mol. The van der Waals surface area contributed by atoms with E-state index in [0.29, 0.717) is 12.2 Å². The fraction of sp³-hybridized carbons (Fsp3) is 0.267. The molecule has 0 heterocycles. The van der Waals surface area contributed by atoms with E-state index < -0.39 is 11.3 Å². The maximum atomic E-state index is 11.6. The van der Waals surface area contributed by atoms with E-state index in [1.54, 1.807) is 13.2 Å². The molecule has 0 aliphatic carbocycles. The van der Waals surface area contributed by atoms with Gasteiger partial charge in [0.15, 0.2) is 0 Å². The first-order chi connectivity index (χ1) is 9.13. The SMILES string of the molecule is CCC(Cl)C(=O)Oc1ccc2cc(OC)ccc2c1. The first-order valence-corrected chi connectivity index (χ1v) is 6.51. The van der Waals surface area contributed by atoms with Gasteiger partial charge in [0.05, 0.1) is 7.11 Å². The molecule has 3 nitrogen and oxygen atoms in total. The average Bonchev–Trinajstić information content (AvgIpc) is 2.45. The number of hydrogen-bond donors (Lipinski definition) is 0. The van der Waals surface area contributed by atoms with Crippen molar-refractivity contribution in [3.63, 3.8) is 0 Å². The lowest BCUT2D eigenvalue weighted by Crippen LogP contribution is -2.19. The summed E-state index contributed by atoms with van der Waals surface area (Å²) < 4.78 is 10.4. The summed E-state index contributed by atoms with van der Waals surface area (Å²) in [6.45, 7) is 1.84. The third kappa shape index (κ3) is 3.18. The largest absolute Gasteiger partial charge is 0.497 e. The number of alkyl halides is 1. The Labute approximate surface area is 117 Å². The van der Waals surface area contributed by atoms with Gasteiger partial charge in [0.1, 0.15) is 16.9 Å². The van der Waals surface area contributed by atoms with Crippen LogP contribution in [0.5, 0.6) is 11.5 Å². The summed E-state index contributed by atoms with van der Waals surface area (Å²) in [5.41, 5.74) is 0. The second-order valence-electron chi connectivity index (χ2n) is 4.17. The van der Waals surface area contributed by atoms with Crippen LogP contribution in [-0.2, 0) is 4.79 Å². The molecule has 4 heteroatoms. The molecule has 0 amide bonds. The number of rotatable bonds is 4. The number of benzene rings is 2. The predicted octanol–water partition coefficient (Wildman–Crippen LogP) is 3.77. The van der Waals surface area contributed by atoms with Crippen molar-refractivity contribution >= 4 is 28.3 Å². The van der Waals surface area contributed by atoms with Crippen molar-refractivity contribution in [3.05, 3.63) is 36.4 Å². The Morgan fingerprint density at radius 1 is 1.16 bits per heavy atom. The Balaban J connectivity index is 2.24. The Bertz CT molecular complexity index is 595. The number of methoxy groups -OCH3 is 1. The molecule has 0 aliphatic heterocycles. The van der Waals surface area contributed by atoms with Gasteiger partial charge in [-0.2, -0.15) is 0 Å². The zero-order chi connectivity index (χ0) is 13.8. The summed E-state index contributed by atoms with van der Waals surface area (Å²) in [6, 6.07) is 11.2. The van der Waals surface area contributed by atoms with Crippen LogP contribution in [0.25, 0.3) is 10.8 Å². The van der Waals surface area contributed by atoms with E-state index in [4.69, 9.17) is 21.1 Å². The van der Waals surface area contributed by atoms with Crippen molar-refractivity contribution in [2.45, 2.75) is 18.7 Å².